The van der Waals surface area contributed by atoms with Crippen molar-refractivity contribution >= 4 is 17.0 Å². The fourth-order valence-electron chi connectivity index (χ4n) is 3.19. The van der Waals surface area contributed by atoms with Gasteiger partial charge in [0, 0.05) is 25.2 Å². The molecule has 1 aromatic carbocycles. The van der Waals surface area contributed by atoms with Crippen molar-refractivity contribution in [2.45, 2.75) is 32.7 Å². The standard InChI is InChI=1S/C18H21N5/c1-2-10-23-17-15(13-19-23)16(14-8-4-3-5-9-14)20-18(21-17)22-11-6-7-12-22/h3-5,8-9,13H,2,6-7,10-12H2,1H3. The van der Waals surface area contributed by atoms with E-state index in [0.717, 1.165) is 54.3 Å². The molecule has 0 amide bonds. The van der Waals surface area contributed by atoms with Gasteiger partial charge in [0.1, 0.15) is 0 Å². The van der Waals surface area contributed by atoms with E-state index in [1.165, 1.54) is 12.8 Å². The molecule has 1 saturated heterocycles. The quantitative estimate of drug-likeness (QED) is 0.740. The third-order valence-corrected chi connectivity index (χ3v) is 4.36. The Labute approximate surface area is 136 Å². The van der Waals surface area contributed by atoms with Crippen molar-refractivity contribution in [2.75, 3.05) is 18.0 Å². The van der Waals surface area contributed by atoms with Gasteiger partial charge in [-0.15, -0.1) is 0 Å². The van der Waals surface area contributed by atoms with Crippen LogP contribution in [0.15, 0.2) is 36.5 Å². The van der Waals surface area contributed by atoms with Gasteiger partial charge in [0.2, 0.25) is 5.95 Å². The smallest absolute Gasteiger partial charge is 0.227 e. The van der Waals surface area contributed by atoms with Crippen LogP contribution in [0.4, 0.5) is 5.95 Å². The summed E-state index contributed by atoms with van der Waals surface area (Å²) in [5, 5.41) is 5.57. The van der Waals surface area contributed by atoms with Crippen molar-refractivity contribution in [3.05, 3.63) is 36.5 Å². The summed E-state index contributed by atoms with van der Waals surface area (Å²) in [4.78, 5) is 12.0. The Bertz CT molecular complexity index is 803. The topological polar surface area (TPSA) is 46.8 Å². The Morgan fingerprint density at radius 1 is 1.04 bits per heavy atom. The van der Waals surface area contributed by atoms with E-state index in [0.29, 0.717) is 0 Å². The minimum absolute atomic E-state index is 0.840. The Balaban J connectivity index is 1.92. The largest absolute Gasteiger partial charge is 0.341 e. The van der Waals surface area contributed by atoms with E-state index < -0.39 is 0 Å². The van der Waals surface area contributed by atoms with Crippen molar-refractivity contribution in [2.24, 2.45) is 0 Å². The van der Waals surface area contributed by atoms with Crippen molar-refractivity contribution in [3.8, 4) is 11.3 Å². The van der Waals surface area contributed by atoms with Gasteiger partial charge < -0.3 is 4.90 Å². The zero-order chi connectivity index (χ0) is 15.6. The summed E-state index contributed by atoms with van der Waals surface area (Å²) in [5.41, 5.74) is 3.05. The van der Waals surface area contributed by atoms with Gasteiger partial charge >= 0.3 is 0 Å². The van der Waals surface area contributed by atoms with Crippen molar-refractivity contribution in [3.63, 3.8) is 0 Å². The Hall–Kier alpha value is -2.43. The second-order valence-corrected chi connectivity index (χ2v) is 6.04. The SMILES string of the molecule is CCCn1ncc2c(-c3ccccc3)nc(N3CCCC3)nc21. The van der Waals surface area contributed by atoms with Gasteiger partial charge in [0.15, 0.2) is 5.65 Å². The fourth-order valence-corrected chi connectivity index (χ4v) is 3.19. The monoisotopic (exact) mass is 307 g/mol. The second-order valence-electron chi connectivity index (χ2n) is 6.04. The fraction of sp³-hybridized carbons (Fsp3) is 0.389. The molecule has 4 rings (SSSR count). The van der Waals surface area contributed by atoms with Crippen LogP contribution >= 0.6 is 0 Å². The molecule has 23 heavy (non-hydrogen) atoms. The van der Waals surface area contributed by atoms with E-state index in [-0.39, 0.29) is 0 Å². The molecule has 5 nitrogen and oxygen atoms in total. The number of fused-ring (bicyclic) bond motifs is 1. The van der Waals surface area contributed by atoms with Gasteiger partial charge in [-0.05, 0) is 19.3 Å². The maximum Gasteiger partial charge on any atom is 0.227 e. The van der Waals surface area contributed by atoms with Crippen LogP contribution in [0.1, 0.15) is 26.2 Å². The number of anilines is 1. The van der Waals surface area contributed by atoms with E-state index in [4.69, 9.17) is 9.97 Å². The lowest BCUT2D eigenvalue weighted by atomic mass is 10.1. The van der Waals surface area contributed by atoms with Crippen molar-refractivity contribution in [1.82, 2.24) is 19.7 Å². The van der Waals surface area contributed by atoms with Crippen LogP contribution in [-0.2, 0) is 6.54 Å². The highest BCUT2D eigenvalue weighted by Crippen LogP contribution is 2.29. The Kier molecular flexibility index (Phi) is 3.69. The van der Waals surface area contributed by atoms with Gasteiger partial charge in [0.25, 0.3) is 0 Å². The Morgan fingerprint density at radius 2 is 1.83 bits per heavy atom. The average Bonchev–Trinajstić information content (AvgIpc) is 3.25. The van der Waals surface area contributed by atoms with E-state index in [2.05, 4.69) is 41.2 Å². The lowest BCUT2D eigenvalue weighted by Crippen LogP contribution is -2.21. The van der Waals surface area contributed by atoms with Crippen molar-refractivity contribution in [1.29, 1.82) is 0 Å². The summed E-state index contributed by atoms with van der Waals surface area (Å²) in [6.07, 6.45) is 5.38. The number of hydrogen-bond donors (Lipinski definition) is 0. The molecule has 0 saturated carbocycles. The van der Waals surface area contributed by atoms with Crippen LogP contribution in [-0.4, -0.2) is 32.8 Å². The van der Waals surface area contributed by atoms with Gasteiger partial charge in [0.05, 0.1) is 17.3 Å². The molecule has 0 unspecified atom stereocenters. The van der Waals surface area contributed by atoms with Crippen LogP contribution in [0.2, 0.25) is 0 Å². The van der Waals surface area contributed by atoms with Crippen LogP contribution in [0.25, 0.3) is 22.3 Å². The first kappa shape index (κ1) is 14.2. The highest BCUT2D eigenvalue weighted by molar-refractivity contribution is 5.91. The highest BCUT2D eigenvalue weighted by atomic mass is 15.3. The van der Waals surface area contributed by atoms with Crippen LogP contribution in [0.3, 0.4) is 0 Å². The van der Waals surface area contributed by atoms with Crippen LogP contribution in [0.5, 0.6) is 0 Å². The first-order valence-corrected chi connectivity index (χ1v) is 8.40. The lowest BCUT2D eigenvalue weighted by molar-refractivity contribution is 0.616. The number of benzene rings is 1. The molecule has 3 aromatic rings. The molecule has 0 spiro atoms. The molecule has 0 aliphatic carbocycles. The first-order chi connectivity index (χ1) is 11.4. The molecule has 1 aliphatic heterocycles. The van der Waals surface area contributed by atoms with Crippen LogP contribution < -0.4 is 4.90 Å². The predicted octanol–water partition coefficient (Wildman–Crippen LogP) is 3.50. The molecule has 0 bridgehead atoms. The molecule has 118 valence electrons. The van der Waals surface area contributed by atoms with Crippen LogP contribution in [0, 0.1) is 0 Å². The normalized spacial score (nSPS) is 14.7. The molecular weight excluding hydrogens is 286 g/mol. The third-order valence-electron chi connectivity index (χ3n) is 4.36. The molecule has 2 aromatic heterocycles. The number of nitrogens with zero attached hydrogens (tertiary/aromatic N) is 5. The molecule has 0 radical (unpaired) electrons. The number of hydrogen-bond acceptors (Lipinski definition) is 4. The maximum absolute atomic E-state index is 4.89. The second kappa shape index (κ2) is 5.99. The van der Waals surface area contributed by atoms with Gasteiger partial charge in [-0.25, -0.2) is 9.67 Å². The maximum atomic E-state index is 4.89. The van der Waals surface area contributed by atoms with E-state index in [1.54, 1.807) is 0 Å². The summed E-state index contributed by atoms with van der Waals surface area (Å²) < 4.78 is 2.00. The Morgan fingerprint density at radius 3 is 2.57 bits per heavy atom. The van der Waals surface area contributed by atoms with Gasteiger partial charge in [-0.3, -0.25) is 0 Å². The third kappa shape index (κ3) is 2.56. The molecule has 5 heteroatoms. The molecule has 0 N–H and O–H groups in total. The zero-order valence-corrected chi connectivity index (χ0v) is 13.4. The minimum atomic E-state index is 0.840. The summed E-state index contributed by atoms with van der Waals surface area (Å²) in [5.74, 6) is 0.840. The summed E-state index contributed by atoms with van der Waals surface area (Å²) >= 11 is 0. The summed E-state index contributed by atoms with van der Waals surface area (Å²) in [7, 11) is 0. The van der Waals surface area contributed by atoms with E-state index in [1.807, 2.05) is 16.9 Å². The van der Waals surface area contributed by atoms with Crippen molar-refractivity contribution < 1.29 is 0 Å². The predicted molar refractivity (Wildman–Crippen MR) is 92.5 cm³/mol. The zero-order valence-electron chi connectivity index (χ0n) is 13.4. The molecule has 0 atom stereocenters. The first-order valence-electron chi connectivity index (χ1n) is 8.40. The lowest BCUT2D eigenvalue weighted by Gasteiger charge is -2.16. The van der Waals surface area contributed by atoms with E-state index in [9.17, 15) is 0 Å². The molecule has 1 aliphatic rings. The number of aryl methyl sites for hydroxylation is 1. The summed E-state index contributed by atoms with van der Waals surface area (Å²) in [6.45, 7) is 5.13. The molecule has 3 heterocycles. The summed E-state index contributed by atoms with van der Waals surface area (Å²) in [6, 6.07) is 10.3. The van der Waals surface area contributed by atoms with Gasteiger partial charge in [-0.2, -0.15) is 10.1 Å². The van der Waals surface area contributed by atoms with Gasteiger partial charge in [-0.1, -0.05) is 37.3 Å². The molecular formula is C18H21N5. The highest BCUT2D eigenvalue weighted by Gasteiger charge is 2.20. The van der Waals surface area contributed by atoms with E-state index >= 15 is 0 Å². The number of rotatable bonds is 4. The average molecular weight is 307 g/mol. The molecule has 1 fully saturated rings. The minimum Gasteiger partial charge on any atom is -0.341 e. The number of aromatic nitrogens is 4.